The van der Waals surface area contributed by atoms with Crippen LogP contribution in [0.4, 0.5) is 17.6 Å². The number of carbonyl (C=O) groups is 1. The molecule has 0 saturated carbocycles. The van der Waals surface area contributed by atoms with Crippen LogP contribution in [0.25, 0.3) is 22.3 Å². The van der Waals surface area contributed by atoms with Crippen LogP contribution in [-0.4, -0.2) is 44.2 Å². The van der Waals surface area contributed by atoms with Crippen molar-refractivity contribution in [1.29, 1.82) is 0 Å². The fraction of sp³-hybridized carbons (Fsp3) is 0.353. The molecule has 0 aliphatic carbocycles. The zero-order chi connectivity index (χ0) is 20.2. The van der Waals surface area contributed by atoms with Crippen LogP contribution in [-0.2, 0) is 24.6 Å². The number of thiophene rings is 1. The molecule has 0 aromatic carbocycles. The summed E-state index contributed by atoms with van der Waals surface area (Å²) in [6.45, 7) is -0.292. The highest BCUT2D eigenvalue weighted by Crippen LogP contribution is 2.37. The van der Waals surface area contributed by atoms with Gasteiger partial charge in [0.05, 0.1) is 18.6 Å². The predicted octanol–water partition coefficient (Wildman–Crippen LogP) is 2.66. The van der Waals surface area contributed by atoms with Gasteiger partial charge in [0.15, 0.2) is 5.65 Å². The Morgan fingerprint density at radius 2 is 2.00 bits per heavy atom. The van der Waals surface area contributed by atoms with Gasteiger partial charge in [0.25, 0.3) is 0 Å². The van der Waals surface area contributed by atoms with Gasteiger partial charge in [-0.05, 0) is 23.1 Å². The lowest BCUT2D eigenvalue weighted by Gasteiger charge is -2.34. The summed E-state index contributed by atoms with van der Waals surface area (Å²) in [5.41, 5.74) is 0.879. The summed E-state index contributed by atoms with van der Waals surface area (Å²) in [4.78, 5) is 29.5. The van der Waals surface area contributed by atoms with Gasteiger partial charge in [-0.25, -0.2) is 14.2 Å². The number of aromatic nitrogens is 3. The van der Waals surface area contributed by atoms with Crippen molar-refractivity contribution in [3.63, 3.8) is 0 Å². The molecule has 3 aromatic heterocycles. The maximum atomic E-state index is 13.0. The Labute approximate surface area is 159 Å². The van der Waals surface area contributed by atoms with E-state index in [-0.39, 0.29) is 19.6 Å². The highest BCUT2D eigenvalue weighted by molar-refractivity contribution is 7.10. The first-order valence-corrected chi connectivity index (χ1v) is 9.16. The monoisotopic (exact) mass is 414 g/mol. The molecule has 0 atom stereocenters. The topological polar surface area (TPSA) is 60.1 Å². The molecule has 1 saturated heterocycles. The third-order valence-electron chi connectivity index (χ3n) is 4.67. The first-order valence-electron chi connectivity index (χ1n) is 8.28. The van der Waals surface area contributed by atoms with E-state index in [1.807, 2.05) is 0 Å². The van der Waals surface area contributed by atoms with E-state index >= 15 is 0 Å². The molecule has 0 radical (unpaired) electrons. The van der Waals surface area contributed by atoms with Crippen molar-refractivity contribution in [3.05, 3.63) is 39.1 Å². The zero-order valence-corrected chi connectivity index (χ0v) is 15.4. The van der Waals surface area contributed by atoms with Gasteiger partial charge < -0.3 is 4.90 Å². The molecule has 4 heterocycles. The molecule has 11 heteroatoms. The fourth-order valence-corrected chi connectivity index (χ4v) is 3.88. The lowest BCUT2D eigenvalue weighted by atomic mass is 10.1. The molecule has 148 valence electrons. The lowest BCUT2D eigenvalue weighted by molar-refractivity contribution is -0.138. The van der Waals surface area contributed by atoms with Crippen LogP contribution in [0.3, 0.4) is 0 Å². The summed E-state index contributed by atoms with van der Waals surface area (Å²) in [6.07, 6.45) is -4.10. The molecule has 28 heavy (non-hydrogen) atoms. The number of halogens is 4. The Morgan fingerprint density at radius 3 is 2.61 bits per heavy atom. The number of fused-ring (bicyclic) bond motifs is 1. The van der Waals surface area contributed by atoms with Crippen molar-refractivity contribution in [3.8, 4) is 11.1 Å². The van der Waals surface area contributed by atoms with Crippen LogP contribution in [0.5, 0.6) is 0 Å². The Kier molecular flexibility index (Phi) is 4.29. The number of hydrogen-bond acceptors (Lipinski definition) is 4. The molecule has 4 rings (SSSR count). The summed E-state index contributed by atoms with van der Waals surface area (Å²) < 4.78 is 54.0. The third kappa shape index (κ3) is 3.09. The Bertz CT molecular complexity index is 1120. The van der Waals surface area contributed by atoms with Crippen molar-refractivity contribution in [2.75, 3.05) is 13.1 Å². The molecule has 0 spiro atoms. The molecule has 3 aromatic rings. The first-order chi connectivity index (χ1) is 13.1. The summed E-state index contributed by atoms with van der Waals surface area (Å²) in [7, 11) is 1.49. The van der Waals surface area contributed by atoms with Crippen LogP contribution >= 0.6 is 11.3 Å². The van der Waals surface area contributed by atoms with Gasteiger partial charge in [-0.2, -0.15) is 13.2 Å². The minimum atomic E-state index is -4.44. The van der Waals surface area contributed by atoms with E-state index < -0.39 is 28.8 Å². The standard InChI is InChI=1S/C17H14F4N4O2S/c1-23-15-12(25(16(23)27)7-14(26)24-5-11(18)6-24)2-9(4-22-15)10-3-13(28-8-10)17(19,20)21/h2-4,8,11H,5-7H2,1H3. The second-order valence-electron chi connectivity index (χ2n) is 6.59. The van der Waals surface area contributed by atoms with Crippen molar-refractivity contribution in [2.24, 2.45) is 7.05 Å². The van der Waals surface area contributed by atoms with E-state index in [9.17, 15) is 27.2 Å². The molecular formula is C17H14F4N4O2S. The zero-order valence-electron chi connectivity index (χ0n) is 14.5. The van der Waals surface area contributed by atoms with Crippen LogP contribution < -0.4 is 5.69 Å². The number of imidazole rings is 1. The van der Waals surface area contributed by atoms with Gasteiger partial charge in [0, 0.05) is 18.8 Å². The van der Waals surface area contributed by atoms with E-state index in [4.69, 9.17) is 0 Å². The minimum Gasteiger partial charge on any atom is -0.335 e. The van der Waals surface area contributed by atoms with Gasteiger partial charge in [0.2, 0.25) is 5.91 Å². The molecule has 1 fully saturated rings. The maximum absolute atomic E-state index is 13.0. The van der Waals surface area contributed by atoms with Gasteiger partial charge in [-0.1, -0.05) is 0 Å². The minimum absolute atomic E-state index is 0.00300. The Hall–Kier alpha value is -2.69. The molecule has 6 nitrogen and oxygen atoms in total. The third-order valence-corrected chi connectivity index (χ3v) is 5.64. The summed E-state index contributed by atoms with van der Waals surface area (Å²) in [6, 6.07) is 2.55. The summed E-state index contributed by atoms with van der Waals surface area (Å²) >= 11 is 0.572. The SMILES string of the molecule is Cn1c(=O)n(CC(=O)N2CC(F)C2)c2cc(-c3csc(C(F)(F)F)c3)cnc21. The number of carbonyl (C=O) groups excluding carboxylic acids is 1. The summed E-state index contributed by atoms with van der Waals surface area (Å²) in [5.74, 6) is -0.399. The smallest absolute Gasteiger partial charge is 0.335 e. The molecule has 1 amide bonds. The maximum Gasteiger partial charge on any atom is 0.425 e. The lowest BCUT2D eigenvalue weighted by Crippen LogP contribution is -2.52. The molecule has 0 N–H and O–H groups in total. The van der Waals surface area contributed by atoms with Crippen molar-refractivity contribution >= 4 is 28.4 Å². The predicted molar refractivity (Wildman–Crippen MR) is 94.8 cm³/mol. The van der Waals surface area contributed by atoms with Crippen molar-refractivity contribution in [1.82, 2.24) is 19.0 Å². The number of rotatable bonds is 3. The van der Waals surface area contributed by atoms with Gasteiger partial charge >= 0.3 is 11.9 Å². The van der Waals surface area contributed by atoms with Crippen LogP contribution in [0.15, 0.2) is 28.5 Å². The van der Waals surface area contributed by atoms with Crippen LogP contribution in [0.2, 0.25) is 0 Å². The quantitative estimate of drug-likeness (QED) is 0.620. The van der Waals surface area contributed by atoms with Gasteiger partial charge in [-0.3, -0.25) is 13.9 Å². The average molecular weight is 414 g/mol. The second-order valence-corrected chi connectivity index (χ2v) is 7.50. The number of aryl methyl sites for hydroxylation is 1. The fourth-order valence-electron chi connectivity index (χ4n) is 3.09. The van der Waals surface area contributed by atoms with E-state index in [1.54, 1.807) is 0 Å². The molecular weight excluding hydrogens is 400 g/mol. The van der Waals surface area contributed by atoms with Crippen LogP contribution in [0.1, 0.15) is 4.88 Å². The van der Waals surface area contributed by atoms with Gasteiger partial charge in [0.1, 0.15) is 17.6 Å². The van der Waals surface area contributed by atoms with E-state index in [0.717, 1.165) is 6.07 Å². The number of hydrogen-bond donors (Lipinski definition) is 0. The van der Waals surface area contributed by atoms with E-state index in [1.165, 1.54) is 38.7 Å². The average Bonchev–Trinajstić information content (AvgIpc) is 3.19. The molecule has 1 aliphatic heterocycles. The number of likely N-dealkylation sites (tertiary alicyclic amines) is 1. The van der Waals surface area contributed by atoms with Crippen molar-refractivity contribution in [2.45, 2.75) is 18.9 Å². The highest BCUT2D eigenvalue weighted by atomic mass is 32.1. The number of pyridine rings is 1. The number of alkyl halides is 4. The van der Waals surface area contributed by atoms with E-state index in [2.05, 4.69) is 4.98 Å². The number of nitrogens with zero attached hydrogens (tertiary/aromatic N) is 4. The normalized spacial score (nSPS) is 15.2. The Balaban J connectivity index is 1.73. The van der Waals surface area contributed by atoms with E-state index in [0.29, 0.717) is 33.6 Å². The first kappa shape index (κ1) is 18.7. The number of amides is 1. The highest BCUT2D eigenvalue weighted by Gasteiger charge is 2.33. The molecule has 0 bridgehead atoms. The van der Waals surface area contributed by atoms with Gasteiger partial charge in [-0.15, -0.1) is 11.3 Å². The summed E-state index contributed by atoms with van der Waals surface area (Å²) in [5, 5.41) is 1.36. The molecule has 1 aliphatic rings. The van der Waals surface area contributed by atoms with Crippen LogP contribution in [0, 0.1) is 0 Å². The Morgan fingerprint density at radius 1 is 1.29 bits per heavy atom. The molecule has 0 unspecified atom stereocenters. The second kappa shape index (κ2) is 6.43. The van der Waals surface area contributed by atoms with Crippen molar-refractivity contribution < 1.29 is 22.4 Å². The largest absolute Gasteiger partial charge is 0.425 e.